The number of carbonyl (C=O) groups excluding carboxylic acids is 2. The minimum Gasteiger partial charge on any atom is -0.322 e. The summed E-state index contributed by atoms with van der Waals surface area (Å²) in [6.07, 6.45) is 2.34. The highest BCUT2D eigenvalue weighted by Crippen LogP contribution is 2.37. The van der Waals surface area contributed by atoms with Crippen LogP contribution in [0.15, 0.2) is 47.5 Å². The maximum Gasteiger partial charge on any atom is 0.244 e. The third-order valence-electron chi connectivity index (χ3n) is 4.83. The molecule has 27 heavy (non-hydrogen) atoms. The molecule has 0 unspecified atom stereocenters. The van der Waals surface area contributed by atoms with Crippen molar-refractivity contribution in [2.45, 2.75) is 19.3 Å². The first-order chi connectivity index (χ1) is 13.0. The van der Waals surface area contributed by atoms with Gasteiger partial charge >= 0.3 is 0 Å². The largest absolute Gasteiger partial charge is 0.322 e. The molecular weight excluding hydrogens is 352 g/mol. The van der Waals surface area contributed by atoms with Crippen molar-refractivity contribution in [3.8, 4) is 0 Å². The monoisotopic (exact) mass is 369 g/mol. The molecule has 138 valence electrons. The average Bonchev–Trinajstić information content (AvgIpc) is 3.07. The van der Waals surface area contributed by atoms with E-state index in [2.05, 4.69) is 10.3 Å². The van der Waals surface area contributed by atoms with Gasteiger partial charge in [0.1, 0.15) is 18.2 Å². The maximum absolute atomic E-state index is 13.8. The predicted molar refractivity (Wildman–Crippen MR) is 98.2 cm³/mol. The minimum absolute atomic E-state index is 0.189. The van der Waals surface area contributed by atoms with E-state index in [4.69, 9.17) is 0 Å². The fraction of sp³-hybridized carbons (Fsp3) is 0.250. The van der Waals surface area contributed by atoms with E-state index in [-0.39, 0.29) is 24.1 Å². The van der Waals surface area contributed by atoms with E-state index in [9.17, 15) is 18.4 Å². The Morgan fingerprint density at radius 1 is 1.22 bits per heavy atom. The van der Waals surface area contributed by atoms with E-state index in [0.717, 1.165) is 36.8 Å². The lowest BCUT2D eigenvalue weighted by molar-refractivity contribution is -0.123. The Bertz CT molecular complexity index is 958. The van der Waals surface area contributed by atoms with Crippen molar-refractivity contribution in [3.05, 3.63) is 54.1 Å². The number of nitrogens with zero attached hydrogens (tertiary/aromatic N) is 2. The molecule has 2 aromatic rings. The highest BCUT2D eigenvalue weighted by Gasteiger charge is 2.37. The highest BCUT2D eigenvalue weighted by atomic mass is 19.1. The number of para-hydroxylation sites is 2. The topological polar surface area (TPSA) is 61.8 Å². The summed E-state index contributed by atoms with van der Waals surface area (Å²) in [4.78, 5) is 31.5. The number of benzene rings is 2. The molecule has 1 aliphatic heterocycles. The number of hydrogen-bond acceptors (Lipinski definition) is 3. The minimum atomic E-state index is -0.742. The van der Waals surface area contributed by atoms with Gasteiger partial charge in [0.15, 0.2) is 0 Å². The summed E-state index contributed by atoms with van der Waals surface area (Å²) in [5.41, 5.74) is 1.76. The molecule has 0 spiro atoms. The Labute approximate surface area is 154 Å². The summed E-state index contributed by atoms with van der Waals surface area (Å²) >= 11 is 0. The van der Waals surface area contributed by atoms with Gasteiger partial charge in [-0.15, -0.1) is 0 Å². The van der Waals surface area contributed by atoms with Crippen molar-refractivity contribution in [3.63, 3.8) is 0 Å². The molecule has 2 aromatic carbocycles. The molecule has 7 heteroatoms. The molecule has 0 bridgehead atoms. The lowest BCUT2D eigenvalue weighted by Crippen LogP contribution is -2.42. The summed E-state index contributed by atoms with van der Waals surface area (Å²) in [5, 5.41) is 2.34. The summed E-state index contributed by atoms with van der Waals surface area (Å²) in [6, 6.07) is 9.94. The first kappa shape index (κ1) is 17.3. The molecule has 5 nitrogen and oxygen atoms in total. The molecule has 2 amide bonds. The summed E-state index contributed by atoms with van der Waals surface area (Å²) < 4.78 is 27.1. The molecule has 1 fully saturated rings. The molecule has 0 saturated heterocycles. The third-order valence-corrected chi connectivity index (χ3v) is 4.83. The lowest BCUT2D eigenvalue weighted by Gasteiger charge is -2.24. The zero-order valence-corrected chi connectivity index (χ0v) is 14.4. The van der Waals surface area contributed by atoms with E-state index in [0.29, 0.717) is 17.8 Å². The van der Waals surface area contributed by atoms with Gasteiger partial charge in [0.25, 0.3) is 0 Å². The molecule has 0 radical (unpaired) electrons. The molecule has 1 heterocycles. The first-order valence-electron chi connectivity index (χ1n) is 8.75. The van der Waals surface area contributed by atoms with Gasteiger partial charge in [-0.2, -0.15) is 0 Å². The van der Waals surface area contributed by atoms with Crippen LogP contribution in [-0.4, -0.2) is 24.1 Å². The molecule has 4 rings (SSSR count). The number of amides is 2. The molecule has 1 atom stereocenters. The Balaban J connectivity index is 1.62. The normalized spacial score (nSPS) is 18.4. The number of anilines is 2. The fourth-order valence-electron chi connectivity index (χ4n) is 3.57. The van der Waals surface area contributed by atoms with Gasteiger partial charge in [-0.3, -0.25) is 14.6 Å². The van der Waals surface area contributed by atoms with Crippen LogP contribution in [0.2, 0.25) is 0 Å². The van der Waals surface area contributed by atoms with Crippen molar-refractivity contribution < 1.29 is 18.4 Å². The summed E-state index contributed by atoms with van der Waals surface area (Å²) in [5.74, 6) is -2.54. The van der Waals surface area contributed by atoms with E-state index < -0.39 is 17.5 Å². The number of aliphatic imine (C=N–C) groups is 1. The molecule has 2 aliphatic rings. The quantitative estimate of drug-likeness (QED) is 0.894. The van der Waals surface area contributed by atoms with Crippen molar-refractivity contribution in [2.24, 2.45) is 10.9 Å². The van der Waals surface area contributed by atoms with Gasteiger partial charge in [-0.1, -0.05) is 12.1 Å². The maximum atomic E-state index is 13.8. The van der Waals surface area contributed by atoms with Crippen LogP contribution < -0.4 is 10.2 Å². The second-order valence-electron chi connectivity index (χ2n) is 6.63. The van der Waals surface area contributed by atoms with Gasteiger partial charge in [0.05, 0.1) is 23.0 Å². The van der Waals surface area contributed by atoms with Crippen molar-refractivity contribution in [1.29, 1.82) is 0 Å². The first-order valence-corrected chi connectivity index (χ1v) is 8.75. The van der Waals surface area contributed by atoms with E-state index in [1.165, 1.54) is 4.90 Å². The van der Waals surface area contributed by atoms with Gasteiger partial charge < -0.3 is 10.2 Å². The van der Waals surface area contributed by atoms with Crippen LogP contribution >= 0.6 is 0 Å². The molecule has 1 N–H and O–H groups in total. The predicted octanol–water partition coefficient (Wildman–Crippen LogP) is 3.82. The molecule has 1 saturated carbocycles. The Hall–Kier alpha value is -3.09. The van der Waals surface area contributed by atoms with Gasteiger partial charge in [0.2, 0.25) is 11.8 Å². The number of carbonyl (C=O) groups is 2. The van der Waals surface area contributed by atoms with Crippen LogP contribution in [0.25, 0.3) is 0 Å². The Morgan fingerprint density at radius 3 is 2.89 bits per heavy atom. The second kappa shape index (κ2) is 6.90. The SMILES string of the molecule is O=C(CN1C(=O)[C@H]2CCCC2=Nc2ccccc21)Nc1cc(F)ccc1F. The summed E-state index contributed by atoms with van der Waals surface area (Å²) in [7, 11) is 0. The van der Waals surface area contributed by atoms with Gasteiger partial charge in [-0.05, 0) is 43.5 Å². The van der Waals surface area contributed by atoms with Crippen LogP contribution in [0.3, 0.4) is 0 Å². The van der Waals surface area contributed by atoms with Crippen LogP contribution in [0.4, 0.5) is 25.8 Å². The van der Waals surface area contributed by atoms with Crippen molar-refractivity contribution in [2.75, 3.05) is 16.8 Å². The number of nitrogens with one attached hydrogen (secondary N) is 1. The van der Waals surface area contributed by atoms with Crippen LogP contribution in [0.5, 0.6) is 0 Å². The van der Waals surface area contributed by atoms with Crippen LogP contribution in [-0.2, 0) is 9.59 Å². The highest BCUT2D eigenvalue weighted by molar-refractivity contribution is 6.16. The summed E-state index contributed by atoms with van der Waals surface area (Å²) in [6.45, 7) is -0.300. The number of fused-ring (bicyclic) bond motifs is 2. The molecular formula is C20H17F2N3O2. The second-order valence-corrected chi connectivity index (χ2v) is 6.63. The Kier molecular flexibility index (Phi) is 4.43. The molecule has 1 aliphatic carbocycles. The zero-order chi connectivity index (χ0) is 19.0. The lowest BCUT2D eigenvalue weighted by atomic mass is 10.1. The molecule has 0 aromatic heterocycles. The average molecular weight is 369 g/mol. The Morgan fingerprint density at radius 2 is 2.04 bits per heavy atom. The van der Waals surface area contributed by atoms with Gasteiger partial charge in [0, 0.05) is 11.8 Å². The van der Waals surface area contributed by atoms with Crippen molar-refractivity contribution in [1.82, 2.24) is 0 Å². The van der Waals surface area contributed by atoms with Crippen LogP contribution in [0.1, 0.15) is 19.3 Å². The van der Waals surface area contributed by atoms with E-state index >= 15 is 0 Å². The van der Waals surface area contributed by atoms with E-state index in [1.807, 2.05) is 6.07 Å². The van der Waals surface area contributed by atoms with Crippen LogP contribution in [0, 0.1) is 17.6 Å². The number of halogens is 2. The standard InChI is InChI=1S/C20H17F2N3O2/c21-12-8-9-14(22)17(10-12)24-19(26)11-25-18-7-2-1-5-16(18)23-15-6-3-4-13(15)20(25)27/h1-2,5,7-10,13H,3-4,6,11H2,(H,24,26)/t13-/m0/s1. The number of hydrogen-bond donors (Lipinski definition) is 1. The zero-order valence-electron chi connectivity index (χ0n) is 14.4. The third kappa shape index (κ3) is 3.32. The smallest absolute Gasteiger partial charge is 0.244 e. The van der Waals surface area contributed by atoms with Gasteiger partial charge in [-0.25, -0.2) is 8.78 Å². The van der Waals surface area contributed by atoms with Crippen molar-refractivity contribution >= 4 is 34.6 Å². The van der Waals surface area contributed by atoms with E-state index in [1.54, 1.807) is 18.2 Å². The number of rotatable bonds is 3. The fourth-order valence-corrected chi connectivity index (χ4v) is 3.57.